The smallest absolute Gasteiger partial charge is 0.251 e. The summed E-state index contributed by atoms with van der Waals surface area (Å²) < 4.78 is 5.26. The van der Waals surface area contributed by atoms with Gasteiger partial charge in [-0.2, -0.15) is 0 Å². The standard InChI is InChI=1S/C22H24N2O4/c1-3-7-18(15-25)23-22(27)17-11-12-20(28-2)19(14-17)24-21(26)13-10-16-8-5-4-6-9-16/h4-6,8-15,18H,3,7H2,1-2H3,(H,23,27)(H,24,26)/b13-10+. The van der Waals surface area contributed by atoms with Gasteiger partial charge >= 0.3 is 0 Å². The Morgan fingerprint density at radius 1 is 1.14 bits per heavy atom. The minimum atomic E-state index is -0.536. The van der Waals surface area contributed by atoms with Crippen LogP contribution in [-0.2, 0) is 9.59 Å². The number of amides is 2. The number of hydrogen-bond donors (Lipinski definition) is 2. The highest BCUT2D eigenvalue weighted by Crippen LogP contribution is 2.25. The molecule has 0 aliphatic rings. The third-order valence-electron chi connectivity index (χ3n) is 4.03. The van der Waals surface area contributed by atoms with Crippen LogP contribution >= 0.6 is 0 Å². The Labute approximate surface area is 164 Å². The van der Waals surface area contributed by atoms with E-state index in [9.17, 15) is 14.4 Å². The molecule has 0 fully saturated rings. The van der Waals surface area contributed by atoms with Crippen molar-refractivity contribution in [3.8, 4) is 5.75 Å². The summed E-state index contributed by atoms with van der Waals surface area (Å²) in [6.07, 6.45) is 5.17. The van der Waals surface area contributed by atoms with Crippen LogP contribution in [0, 0.1) is 0 Å². The molecule has 28 heavy (non-hydrogen) atoms. The zero-order chi connectivity index (χ0) is 20.4. The molecule has 1 atom stereocenters. The van der Waals surface area contributed by atoms with Crippen LogP contribution in [0.4, 0.5) is 5.69 Å². The highest BCUT2D eigenvalue weighted by Gasteiger charge is 2.15. The quantitative estimate of drug-likeness (QED) is 0.515. The lowest BCUT2D eigenvalue weighted by molar-refractivity contribution is -0.112. The van der Waals surface area contributed by atoms with E-state index in [-0.39, 0.29) is 11.8 Å². The first-order valence-electron chi connectivity index (χ1n) is 9.05. The number of ether oxygens (including phenoxy) is 1. The average molecular weight is 380 g/mol. The minimum absolute atomic E-state index is 0.325. The fourth-order valence-electron chi connectivity index (χ4n) is 2.59. The van der Waals surface area contributed by atoms with Crippen molar-refractivity contribution < 1.29 is 19.1 Å². The number of aldehydes is 1. The summed E-state index contributed by atoms with van der Waals surface area (Å²) in [6, 6.07) is 13.6. The van der Waals surface area contributed by atoms with Gasteiger partial charge < -0.3 is 20.2 Å². The topological polar surface area (TPSA) is 84.5 Å². The number of rotatable bonds is 9. The number of hydrogen-bond acceptors (Lipinski definition) is 4. The summed E-state index contributed by atoms with van der Waals surface area (Å²) in [5.41, 5.74) is 1.59. The first-order chi connectivity index (χ1) is 13.6. The van der Waals surface area contributed by atoms with Gasteiger partial charge in [-0.25, -0.2) is 0 Å². The number of anilines is 1. The van der Waals surface area contributed by atoms with Gasteiger partial charge in [-0.15, -0.1) is 0 Å². The van der Waals surface area contributed by atoms with E-state index in [1.165, 1.54) is 19.3 Å². The average Bonchev–Trinajstić information content (AvgIpc) is 2.72. The van der Waals surface area contributed by atoms with Crippen LogP contribution in [0.2, 0.25) is 0 Å². The minimum Gasteiger partial charge on any atom is -0.495 e. The van der Waals surface area contributed by atoms with Gasteiger partial charge in [-0.1, -0.05) is 43.7 Å². The van der Waals surface area contributed by atoms with E-state index in [2.05, 4.69) is 10.6 Å². The second-order valence-electron chi connectivity index (χ2n) is 6.15. The van der Waals surface area contributed by atoms with Crippen molar-refractivity contribution in [3.63, 3.8) is 0 Å². The van der Waals surface area contributed by atoms with Gasteiger partial charge in [-0.05, 0) is 36.3 Å². The van der Waals surface area contributed by atoms with E-state index in [1.54, 1.807) is 18.2 Å². The molecular weight excluding hydrogens is 356 g/mol. The molecule has 0 aliphatic heterocycles. The van der Waals surface area contributed by atoms with E-state index >= 15 is 0 Å². The van der Waals surface area contributed by atoms with Gasteiger partial charge in [-0.3, -0.25) is 9.59 Å². The summed E-state index contributed by atoms with van der Waals surface area (Å²) >= 11 is 0. The lowest BCUT2D eigenvalue weighted by Gasteiger charge is -2.14. The van der Waals surface area contributed by atoms with Crippen LogP contribution in [0.5, 0.6) is 5.75 Å². The Hall–Kier alpha value is -3.41. The number of carbonyl (C=O) groups excluding carboxylic acids is 3. The largest absolute Gasteiger partial charge is 0.495 e. The summed E-state index contributed by atoms with van der Waals surface area (Å²) in [6.45, 7) is 1.94. The molecule has 0 spiro atoms. The molecule has 2 aromatic rings. The molecule has 0 bridgehead atoms. The number of benzene rings is 2. The maximum absolute atomic E-state index is 12.4. The predicted octanol–water partition coefficient (Wildman–Crippen LogP) is 3.44. The lowest BCUT2D eigenvalue weighted by atomic mass is 10.1. The highest BCUT2D eigenvalue weighted by atomic mass is 16.5. The molecule has 2 amide bonds. The van der Waals surface area contributed by atoms with E-state index in [4.69, 9.17) is 4.74 Å². The van der Waals surface area contributed by atoms with Gasteiger partial charge in [0.1, 0.15) is 12.0 Å². The first kappa shape index (κ1) is 20.9. The van der Waals surface area contributed by atoms with Gasteiger partial charge in [0, 0.05) is 11.6 Å². The van der Waals surface area contributed by atoms with Gasteiger partial charge in [0.15, 0.2) is 0 Å². The van der Waals surface area contributed by atoms with E-state index in [0.717, 1.165) is 18.3 Å². The van der Waals surface area contributed by atoms with E-state index in [0.29, 0.717) is 23.4 Å². The van der Waals surface area contributed by atoms with Crippen LogP contribution < -0.4 is 15.4 Å². The molecule has 0 saturated carbocycles. The SMILES string of the molecule is CCCC(C=O)NC(=O)c1ccc(OC)c(NC(=O)/C=C/c2ccccc2)c1. The highest BCUT2D eigenvalue weighted by molar-refractivity contribution is 6.04. The molecule has 2 aromatic carbocycles. The predicted molar refractivity (Wildman–Crippen MR) is 109 cm³/mol. The van der Waals surface area contributed by atoms with Gasteiger partial charge in [0.05, 0.1) is 18.8 Å². The normalized spacial score (nSPS) is 11.6. The molecule has 0 saturated heterocycles. The Balaban J connectivity index is 2.13. The third-order valence-corrected chi connectivity index (χ3v) is 4.03. The number of methoxy groups -OCH3 is 1. The fraction of sp³-hybridized carbons (Fsp3) is 0.227. The van der Waals surface area contributed by atoms with Crippen LogP contribution in [0.1, 0.15) is 35.7 Å². The molecule has 2 rings (SSSR count). The van der Waals surface area contributed by atoms with Crippen molar-refractivity contribution in [2.45, 2.75) is 25.8 Å². The fourth-order valence-corrected chi connectivity index (χ4v) is 2.59. The lowest BCUT2D eigenvalue weighted by Crippen LogP contribution is -2.35. The monoisotopic (exact) mass is 380 g/mol. The molecule has 0 aromatic heterocycles. The Bertz CT molecular complexity index is 847. The van der Waals surface area contributed by atoms with Crippen molar-refractivity contribution in [3.05, 3.63) is 65.7 Å². The van der Waals surface area contributed by atoms with Crippen LogP contribution in [0.3, 0.4) is 0 Å². The molecule has 146 valence electrons. The van der Waals surface area contributed by atoms with Crippen molar-refractivity contribution in [2.24, 2.45) is 0 Å². The summed E-state index contributed by atoms with van der Waals surface area (Å²) in [7, 11) is 1.48. The van der Waals surface area contributed by atoms with Crippen molar-refractivity contribution in [1.29, 1.82) is 0 Å². The van der Waals surface area contributed by atoms with Crippen LogP contribution in [-0.4, -0.2) is 31.3 Å². The van der Waals surface area contributed by atoms with Crippen LogP contribution in [0.15, 0.2) is 54.6 Å². The maximum atomic E-state index is 12.4. The second-order valence-corrected chi connectivity index (χ2v) is 6.15. The molecule has 6 heteroatoms. The van der Waals surface area contributed by atoms with E-state index < -0.39 is 6.04 Å². The van der Waals surface area contributed by atoms with Crippen molar-refractivity contribution >= 4 is 29.9 Å². The summed E-state index contributed by atoms with van der Waals surface area (Å²) in [5, 5.41) is 5.39. The number of nitrogens with one attached hydrogen (secondary N) is 2. The molecule has 6 nitrogen and oxygen atoms in total. The first-order valence-corrected chi connectivity index (χ1v) is 9.05. The van der Waals surface area contributed by atoms with Crippen molar-refractivity contribution in [1.82, 2.24) is 5.32 Å². The summed E-state index contributed by atoms with van der Waals surface area (Å²) in [5.74, 6) is -0.307. The molecule has 2 N–H and O–H groups in total. The third kappa shape index (κ3) is 6.09. The molecule has 0 radical (unpaired) electrons. The molecule has 1 unspecified atom stereocenters. The Morgan fingerprint density at radius 2 is 1.89 bits per heavy atom. The molecule has 0 heterocycles. The zero-order valence-electron chi connectivity index (χ0n) is 16.0. The Kier molecular flexibility index (Phi) is 7.96. The Morgan fingerprint density at radius 3 is 2.54 bits per heavy atom. The van der Waals surface area contributed by atoms with Gasteiger partial charge in [0.2, 0.25) is 5.91 Å². The zero-order valence-corrected chi connectivity index (χ0v) is 16.0. The van der Waals surface area contributed by atoms with Gasteiger partial charge in [0.25, 0.3) is 5.91 Å². The number of carbonyl (C=O) groups is 3. The van der Waals surface area contributed by atoms with E-state index in [1.807, 2.05) is 37.3 Å². The molecule has 0 aliphatic carbocycles. The summed E-state index contributed by atoms with van der Waals surface area (Å²) in [4.78, 5) is 35.7. The maximum Gasteiger partial charge on any atom is 0.251 e. The van der Waals surface area contributed by atoms with Crippen LogP contribution in [0.25, 0.3) is 6.08 Å². The van der Waals surface area contributed by atoms with Crippen molar-refractivity contribution in [2.75, 3.05) is 12.4 Å². The second kappa shape index (κ2) is 10.7. The molecular formula is C22H24N2O4.